The first-order chi connectivity index (χ1) is 14.8. The van der Waals surface area contributed by atoms with Gasteiger partial charge >= 0.3 is 0 Å². The summed E-state index contributed by atoms with van der Waals surface area (Å²) in [6.45, 7) is -1.12. The van der Waals surface area contributed by atoms with Crippen molar-refractivity contribution in [3.05, 3.63) is 84.7 Å². The number of hydrogen-bond donors (Lipinski definition) is 2. The van der Waals surface area contributed by atoms with Crippen molar-refractivity contribution < 1.29 is 23.1 Å². The van der Waals surface area contributed by atoms with E-state index in [0.29, 0.717) is 21.3 Å². The summed E-state index contributed by atoms with van der Waals surface area (Å²) in [5, 5.41) is 11.5. The molecule has 0 atom stereocenters. The number of pyridine rings is 1. The molecule has 0 unspecified atom stereocenters. The molecule has 3 aromatic rings. The van der Waals surface area contributed by atoms with Crippen LogP contribution in [0.3, 0.4) is 0 Å². The quantitative estimate of drug-likeness (QED) is 0.556. The van der Waals surface area contributed by atoms with Crippen molar-refractivity contribution in [2.24, 2.45) is 0 Å². The van der Waals surface area contributed by atoms with Crippen LogP contribution in [0.4, 0.5) is 18.9 Å². The highest BCUT2D eigenvalue weighted by molar-refractivity contribution is 7.18. The van der Waals surface area contributed by atoms with E-state index in [1.165, 1.54) is 6.07 Å². The Kier molecular flexibility index (Phi) is 7.17. The third kappa shape index (κ3) is 5.76. The Morgan fingerprint density at radius 2 is 2.03 bits per heavy atom. The van der Waals surface area contributed by atoms with E-state index in [-0.39, 0.29) is 21.5 Å². The highest BCUT2D eigenvalue weighted by Crippen LogP contribution is 2.28. The maximum absolute atomic E-state index is 13.7. The van der Waals surface area contributed by atoms with E-state index in [2.05, 4.69) is 17.2 Å². The van der Waals surface area contributed by atoms with Crippen molar-refractivity contribution in [1.82, 2.24) is 4.57 Å². The third-order valence-corrected chi connectivity index (χ3v) is 5.35. The van der Waals surface area contributed by atoms with Crippen LogP contribution in [0.25, 0.3) is 0 Å². The predicted molar refractivity (Wildman–Crippen MR) is 112 cm³/mol. The van der Waals surface area contributed by atoms with Crippen LogP contribution in [-0.2, 0) is 13.2 Å². The van der Waals surface area contributed by atoms with E-state index in [1.807, 2.05) is 0 Å². The molecule has 31 heavy (non-hydrogen) atoms. The van der Waals surface area contributed by atoms with Crippen LogP contribution in [0, 0.1) is 17.7 Å². The van der Waals surface area contributed by atoms with Crippen LogP contribution >= 0.6 is 22.9 Å². The molecule has 2 N–H and O–H groups in total. The average Bonchev–Trinajstić information content (AvgIpc) is 3.10. The molecular weight excluding hydrogens is 453 g/mol. The molecule has 0 aliphatic carbocycles. The number of aliphatic hydroxyl groups excluding tert-OH is 1. The van der Waals surface area contributed by atoms with Crippen molar-refractivity contribution in [1.29, 1.82) is 0 Å². The van der Waals surface area contributed by atoms with E-state index in [1.54, 1.807) is 24.3 Å². The topological polar surface area (TPSA) is 71.3 Å². The number of rotatable bonds is 5. The third-order valence-electron chi connectivity index (χ3n) is 4.00. The van der Waals surface area contributed by atoms with Gasteiger partial charge in [-0.05, 0) is 23.8 Å². The van der Waals surface area contributed by atoms with Gasteiger partial charge in [0.1, 0.15) is 4.34 Å². The lowest BCUT2D eigenvalue weighted by atomic mass is 10.1. The molecule has 3 rings (SSSR count). The van der Waals surface area contributed by atoms with Crippen LogP contribution in [0.1, 0.15) is 26.4 Å². The minimum Gasteiger partial charge on any atom is -0.392 e. The summed E-state index contributed by atoms with van der Waals surface area (Å²) in [7, 11) is 0. The van der Waals surface area contributed by atoms with E-state index in [4.69, 9.17) is 11.6 Å². The van der Waals surface area contributed by atoms with Gasteiger partial charge in [0.05, 0.1) is 29.3 Å². The average molecular weight is 467 g/mol. The van der Waals surface area contributed by atoms with Crippen LogP contribution in [0.5, 0.6) is 0 Å². The molecule has 2 heterocycles. The zero-order chi connectivity index (χ0) is 22.5. The lowest BCUT2D eigenvalue weighted by Crippen LogP contribution is -2.26. The van der Waals surface area contributed by atoms with Crippen LogP contribution < -0.4 is 10.9 Å². The monoisotopic (exact) mass is 466 g/mol. The first-order valence-electron chi connectivity index (χ1n) is 8.77. The Labute approximate surface area is 183 Å². The number of carbonyl (C=O) groups is 1. The fourth-order valence-corrected chi connectivity index (χ4v) is 3.68. The molecule has 0 aliphatic heterocycles. The highest BCUT2D eigenvalue weighted by atomic mass is 35.5. The van der Waals surface area contributed by atoms with E-state index >= 15 is 0 Å². The summed E-state index contributed by atoms with van der Waals surface area (Å²) in [6, 6.07) is 9.16. The number of carbonyl (C=O) groups excluding carboxylic acids is 1. The molecule has 160 valence electrons. The Morgan fingerprint density at radius 1 is 1.26 bits per heavy atom. The van der Waals surface area contributed by atoms with Crippen molar-refractivity contribution in [3.63, 3.8) is 0 Å². The molecular formula is C21H14ClF3N2O3S. The SMILES string of the molecule is O=C(Nc1cc(F)c(=O)n(CC(F)F)c1)c1cc(C#Cc2cccc(CO)c2)c(Cl)s1. The molecule has 10 heteroatoms. The number of alkyl halides is 2. The first-order valence-corrected chi connectivity index (χ1v) is 9.97. The number of hydrogen-bond acceptors (Lipinski definition) is 4. The van der Waals surface area contributed by atoms with E-state index < -0.39 is 30.3 Å². The highest BCUT2D eigenvalue weighted by Gasteiger charge is 2.16. The first kappa shape index (κ1) is 22.6. The summed E-state index contributed by atoms with van der Waals surface area (Å²) in [5.74, 6) is 3.81. The van der Waals surface area contributed by atoms with Gasteiger partial charge in [-0.25, -0.2) is 13.2 Å². The number of benzene rings is 1. The normalized spacial score (nSPS) is 10.6. The van der Waals surface area contributed by atoms with Crippen molar-refractivity contribution >= 4 is 34.5 Å². The van der Waals surface area contributed by atoms with Crippen molar-refractivity contribution in [2.75, 3.05) is 5.32 Å². The van der Waals surface area contributed by atoms with Crippen LogP contribution in [0.15, 0.2) is 47.4 Å². The van der Waals surface area contributed by atoms with Gasteiger partial charge in [0.15, 0.2) is 5.82 Å². The number of aliphatic hydroxyl groups is 1. The smallest absolute Gasteiger partial charge is 0.286 e. The molecule has 0 saturated heterocycles. The predicted octanol–water partition coefficient (Wildman–Crippen LogP) is 4.11. The van der Waals surface area contributed by atoms with Crippen LogP contribution in [-0.4, -0.2) is 22.0 Å². The largest absolute Gasteiger partial charge is 0.392 e. The number of aromatic nitrogens is 1. The molecule has 0 spiro atoms. The molecule has 0 bridgehead atoms. The molecule has 1 aromatic carbocycles. The molecule has 5 nitrogen and oxygen atoms in total. The number of nitrogens with zero attached hydrogens (tertiary/aromatic N) is 1. The number of thiophene rings is 1. The summed E-state index contributed by atoms with van der Waals surface area (Å²) < 4.78 is 39.6. The minimum absolute atomic E-state index is 0.121. The summed E-state index contributed by atoms with van der Waals surface area (Å²) >= 11 is 7.09. The zero-order valence-electron chi connectivity index (χ0n) is 15.7. The molecule has 0 radical (unpaired) electrons. The summed E-state index contributed by atoms with van der Waals surface area (Å²) in [6.07, 6.45) is -1.92. The van der Waals surface area contributed by atoms with Gasteiger partial charge in [0, 0.05) is 17.8 Å². The summed E-state index contributed by atoms with van der Waals surface area (Å²) in [4.78, 5) is 24.2. The maximum Gasteiger partial charge on any atom is 0.286 e. The molecule has 0 fully saturated rings. The number of amides is 1. The van der Waals surface area contributed by atoms with Gasteiger partial charge in [-0.2, -0.15) is 0 Å². The maximum atomic E-state index is 13.7. The number of nitrogens with one attached hydrogen (secondary N) is 1. The zero-order valence-corrected chi connectivity index (χ0v) is 17.2. The van der Waals surface area contributed by atoms with E-state index in [9.17, 15) is 27.9 Å². The van der Waals surface area contributed by atoms with Gasteiger partial charge in [0.2, 0.25) is 0 Å². The fraction of sp³-hybridized carbons (Fsp3) is 0.143. The lowest BCUT2D eigenvalue weighted by molar-refractivity contribution is 0.103. The molecule has 2 aromatic heterocycles. The van der Waals surface area contributed by atoms with Gasteiger partial charge in [-0.1, -0.05) is 35.6 Å². The summed E-state index contributed by atoms with van der Waals surface area (Å²) in [5.41, 5.74) is 0.376. The standard InChI is InChI=1S/C21H14ClF3N2O3S/c22-19-14(5-4-12-2-1-3-13(6-12)11-28)7-17(31-19)20(29)26-15-8-16(23)21(30)27(9-15)10-18(24)25/h1-3,6-9,18,28H,10-11H2,(H,26,29). The second-order valence-corrected chi connectivity index (χ2v) is 7.94. The Bertz CT molecular complexity index is 1240. The fourth-order valence-electron chi connectivity index (χ4n) is 2.60. The van der Waals surface area contributed by atoms with Gasteiger partial charge in [-0.3, -0.25) is 9.59 Å². The Hall–Kier alpha value is -3.06. The number of halogens is 4. The second kappa shape index (κ2) is 9.83. The van der Waals surface area contributed by atoms with Crippen LogP contribution in [0.2, 0.25) is 4.34 Å². The van der Waals surface area contributed by atoms with Crippen molar-refractivity contribution in [2.45, 2.75) is 19.6 Å². The minimum atomic E-state index is -2.86. The van der Waals surface area contributed by atoms with Gasteiger partial charge in [-0.15, -0.1) is 11.3 Å². The second-order valence-electron chi connectivity index (χ2n) is 6.29. The van der Waals surface area contributed by atoms with Gasteiger partial charge < -0.3 is 15.0 Å². The van der Waals surface area contributed by atoms with E-state index in [0.717, 1.165) is 23.6 Å². The molecule has 0 aliphatic rings. The van der Waals surface area contributed by atoms with Gasteiger partial charge in [0.25, 0.3) is 17.9 Å². The number of anilines is 1. The van der Waals surface area contributed by atoms with Crippen molar-refractivity contribution in [3.8, 4) is 11.8 Å². The Morgan fingerprint density at radius 3 is 2.74 bits per heavy atom. The Balaban J connectivity index is 1.81. The molecule has 0 saturated carbocycles. The lowest BCUT2D eigenvalue weighted by Gasteiger charge is -2.09. The molecule has 1 amide bonds.